The standard InChI is InChI=1S/C14H13Br/c1-2-12-13(9-6-10-14(12)15)11-7-4-3-5-8-11/h3-10H,2H2,1H3. The van der Waals surface area contributed by atoms with Crippen LogP contribution in [0.1, 0.15) is 12.5 Å². The van der Waals surface area contributed by atoms with Crippen LogP contribution in [-0.2, 0) is 6.42 Å². The van der Waals surface area contributed by atoms with E-state index in [0.29, 0.717) is 0 Å². The molecule has 0 aliphatic rings. The highest BCUT2D eigenvalue weighted by Crippen LogP contribution is 2.29. The Morgan fingerprint density at radius 3 is 2.33 bits per heavy atom. The van der Waals surface area contributed by atoms with Gasteiger partial charge in [-0.2, -0.15) is 0 Å². The van der Waals surface area contributed by atoms with Crippen molar-refractivity contribution < 1.29 is 0 Å². The molecule has 1 heteroatoms. The van der Waals surface area contributed by atoms with Crippen LogP contribution in [-0.4, -0.2) is 0 Å². The first-order chi connectivity index (χ1) is 7.33. The average molecular weight is 261 g/mol. The number of hydrogen-bond donors (Lipinski definition) is 0. The smallest absolute Gasteiger partial charge is 0.0213 e. The van der Waals surface area contributed by atoms with Crippen LogP contribution in [0.2, 0.25) is 0 Å². The van der Waals surface area contributed by atoms with Gasteiger partial charge < -0.3 is 0 Å². The van der Waals surface area contributed by atoms with Crippen LogP contribution in [0.5, 0.6) is 0 Å². The SMILES string of the molecule is CCc1c(Br)cccc1-c1ccccc1. The predicted molar refractivity (Wildman–Crippen MR) is 69.0 cm³/mol. The quantitative estimate of drug-likeness (QED) is 0.736. The lowest BCUT2D eigenvalue weighted by molar-refractivity contribution is 1.13. The van der Waals surface area contributed by atoms with Gasteiger partial charge >= 0.3 is 0 Å². The second-order valence-electron chi connectivity index (χ2n) is 3.49. The van der Waals surface area contributed by atoms with E-state index in [2.05, 4.69) is 65.3 Å². The lowest BCUT2D eigenvalue weighted by atomic mass is 9.98. The fraction of sp³-hybridized carbons (Fsp3) is 0.143. The summed E-state index contributed by atoms with van der Waals surface area (Å²) in [5.74, 6) is 0. The monoisotopic (exact) mass is 260 g/mol. The Bertz CT molecular complexity index is 446. The van der Waals surface area contributed by atoms with Crippen LogP contribution >= 0.6 is 15.9 Å². The summed E-state index contributed by atoms with van der Waals surface area (Å²) in [6.45, 7) is 2.19. The van der Waals surface area contributed by atoms with Crippen LogP contribution in [0.3, 0.4) is 0 Å². The average Bonchev–Trinajstić information content (AvgIpc) is 2.30. The summed E-state index contributed by atoms with van der Waals surface area (Å²) in [6, 6.07) is 16.9. The normalized spacial score (nSPS) is 10.3. The van der Waals surface area contributed by atoms with Gasteiger partial charge in [0, 0.05) is 4.47 Å². The van der Waals surface area contributed by atoms with Crippen LogP contribution in [0, 0.1) is 0 Å². The van der Waals surface area contributed by atoms with Crippen molar-refractivity contribution in [3.63, 3.8) is 0 Å². The molecule has 2 aromatic carbocycles. The van der Waals surface area contributed by atoms with Crippen molar-refractivity contribution in [1.29, 1.82) is 0 Å². The predicted octanol–water partition coefficient (Wildman–Crippen LogP) is 4.68. The summed E-state index contributed by atoms with van der Waals surface area (Å²) in [7, 11) is 0. The van der Waals surface area contributed by atoms with Crippen LogP contribution < -0.4 is 0 Å². The van der Waals surface area contributed by atoms with Crippen LogP contribution in [0.4, 0.5) is 0 Å². The Kier molecular flexibility index (Phi) is 3.22. The molecule has 0 aromatic heterocycles. The Hall–Kier alpha value is -1.08. The van der Waals surface area contributed by atoms with Crippen molar-refractivity contribution in [1.82, 2.24) is 0 Å². The fourth-order valence-corrected chi connectivity index (χ4v) is 2.45. The number of hydrogen-bond acceptors (Lipinski definition) is 0. The first-order valence-corrected chi connectivity index (χ1v) is 5.95. The molecule has 0 nitrogen and oxygen atoms in total. The molecule has 0 saturated carbocycles. The van der Waals surface area contributed by atoms with E-state index in [-0.39, 0.29) is 0 Å². The molecule has 0 unspecified atom stereocenters. The van der Waals surface area contributed by atoms with Crippen LogP contribution in [0.15, 0.2) is 53.0 Å². The van der Waals surface area contributed by atoms with Gasteiger partial charge in [0.2, 0.25) is 0 Å². The van der Waals surface area contributed by atoms with Gasteiger partial charge in [-0.15, -0.1) is 0 Å². The largest absolute Gasteiger partial charge is 0.0622 e. The van der Waals surface area contributed by atoms with Crippen molar-refractivity contribution in [2.75, 3.05) is 0 Å². The van der Waals surface area contributed by atoms with E-state index in [4.69, 9.17) is 0 Å². The van der Waals surface area contributed by atoms with E-state index in [0.717, 1.165) is 6.42 Å². The zero-order valence-electron chi connectivity index (χ0n) is 8.70. The molecule has 0 bridgehead atoms. The molecule has 0 aliphatic heterocycles. The first-order valence-electron chi connectivity index (χ1n) is 5.15. The zero-order valence-corrected chi connectivity index (χ0v) is 10.3. The lowest BCUT2D eigenvalue weighted by Crippen LogP contribution is -1.88. The van der Waals surface area contributed by atoms with Gasteiger partial charge in [-0.25, -0.2) is 0 Å². The molecule has 0 amide bonds. The second kappa shape index (κ2) is 4.63. The third kappa shape index (κ3) is 2.13. The summed E-state index contributed by atoms with van der Waals surface area (Å²) < 4.78 is 1.20. The first kappa shape index (κ1) is 10.4. The van der Waals surface area contributed by atoms with Gasteiger partial charge in [0.15, 0.2) is 0 Å². The topological polar surface area (TPSA) is 0 Å². The molecule has 15 heavy (non-hydrogen) atoms. The summed E-state index contributed by atoms with van der Waals surface area (Å²) in [4.78, 5) is 0. The molecule has 0 radical (unpaired) electrons. The van der Waals surface area contributed by atoms with E-state index in [1.165, 1.54) is 21.2 Å². The molecule has 0 N–H and O–H groups in total. The molecule has 0 heterocycles. The molecule has 0 saturated heterocycles. The van der Waals surface area contributed by atoms with Gasteiger partial charge in [0.1, 0.15) is 0 Å². The Morgan fingerprint density at radius 1 is 0.933 bits per heavy atom. The minimum atomic E-state index is 1.05. The van der Waals surface area contributed by atoms with Gasteiger partial charge in [-0.3, -0.25) is 0 Å². The summed E-state index contributed by atoms with van der Waals surface area (Å²) in [5, 5.41) is 0. The highest BCUT2D eigenvalue weighted by Gasteiger charge is 2.05. The highest BCUT2D eigenvalue weighted by atomic mass is 79.9. The maximum atomic E-state index is 3.60. The van der Waals surface area contributed by atoms with Crippen LogP contribution in [0.25, 0.3) is 11.1 Å². The third-order valence-electron chi connectivity index (χ3n) is 2.56. The van der Waals surface area contributed by atoms with Gasteiger partial charge in [0.25, 0.3) is 0 Å². The maximum Gasteiger partial charge on any atom is 0.0213 e. The summed E-state index contributed by atoms with van der Waals surface area (Å²) >= 11 is 3.60. The highest BCUT2D eigenvalue weighted by molar-refractivity contribution is 9.10. The van der Waals surface area contributed by atoms with E-state index < -0.39 is 0 Å². The van der Waals surface area contributed by atoms with Crippen molar-refractivity contribution in [3.05, 3.63) is 58.6 Å². The Balaban J connectivity index is 2.58. The molecule has 0 fully saturated rings. The summed E-state index contributed by atoms with van der Waals surface area (Å²) in [5.41, 5.74) is 3.99. The number of halogens is 1. The van der Waals surface area contributed by atoms with Gasteiger partial charge in [-0.1, -0.05) is 65.3 Å². The van der Waals surface area contributed by atoms with E-state index in [1.54, 1.807) is 0 Å². The van der Waals surface area contributed by atoms with Crippen molar-refractivity contribution in [2.45, 2.75) is 13.3 Å². The van der Waals surface area contributed by atoms with Gasteiger partial charge in [0.05, 0.1) is 0 Å². The number of rotatable bonds is 2. The van der Waals surface area contributed by atoms with Crippen molar-refractivity contribution in [3.8, 4) is 11.1 Å². The fourth-order valence-electron chi connectivity index (χ4n) is 1.81. The molecular formula is C14H13Br. The Labute approximate surface area is 99.1 Å². The van der Waals surface area contributed by atoms with Crippen molar-refractivity contribution >= 4 is 15.9 Å². The zero-order chi connectivity index (χ0) is 10.7. The van der Waals surface area contributed by atoms with Crippen molar-refractivity contribution in [2.24, 2.45) is 0 Å². The molecule has 76 valence electrons. The molecule has 0 aliphatic carbocycles. The van der Waals surface area contributed by atoms with E-state index >= 15 is 0 Å². The van der Waals surface area contributed by atoms with E-state index in [1.807, 2.05) is 6.07 Å². The molecule has 0 spiro atoms. The summed E-state index contributed by atoms with van der Waals surface area (Å²) in [6.07, 6.45) is 1.05. The van der Waals surface area contributed by atoms with Gasteiger partial charge in [-0.05, 0) is 29.2 Å². The van der Waals surface area contributed by atoms with E-state index in [9.17, 15) is 0 Å². The second-order valence-corrected chi connectivity index (χ2v) is 4.34. The third-order valence-corrected chi connectivity index (χ3v) is 3.30. The molecule has 2 aromatic rings. The lowest BCUT2D eigenvalue weighted by Gasteiger charge is -2.09. The molecular weight excluding hydrogens is 248 g/mol. The minimum absolute atomic E-state index is 1.05. The minimum Gasteiger partial charge on any atom is -0.0622 e. The molecule has 2 rings (SSSR count). The Morgan fingerprint density at radius 2 is 1.67 bits per heavy atom. The number of benzene rings is 2. The maximum absolute atomic E-state index is 3.60. The molecule has 0 atom stereocenters.